The van der Waals surface area contributed by atoms with Gasteiger partial charge in [-0.05, 0) is 47.0 Å². The molecule has 1 aliphatic carbocycles. The van der Waals surface area contributed by atoms with Gasteiger partial charge in [-0.2, -0.15) is 0 Å². The first-order valence-electron chi connectivity index (χ1n) is 6.08. The molecule has 1 aromatic carbocycles. The van der Waals surface area contributed by atoms with Crippen LogP contribution in [0.1, 0.15) is 29.4 Å². The summed E-state index contributed by atoms with van der Waals surface area (Å²) in [6.07, 6.45) is 4.05. The Kier molecular flexibility index (Phi) is 3.37. The Morgan fingerprint density at radius 3 is 2.79 bits per heavy atom. The highest BCUT2D eigenvalue weighted by molar-refractivity contribution is 9.10. The summed E-state index contributed by atoms with van der Waals surface area (Å²) in [7, 11) is 0. The van der Waals surface area contributed by atoms with Crippen LogP contribution in [0.5, 0.6) is 0 Å². The molecule has 1 heterocycles. The highest BCUT2D eigenvalue weighted by Gasteiger charge is 2.27. The fourth-order valence-corrected chi connectivity index (χ4v) is 2.62. The molecule has 98 valence electrons. The second-order valence-corrected chi connectivity index (χ2v) is 5.91. The van der Waals surface area contributed by atoms with Gasteiger partial charge in [0.15, 0.2) is 0 Å². The van der Waals surface area contributed by atoms with Crippen LogP contribution in [0.15, 0.2) is 41.0 Å². The smallest absolute Gasteiger partial charge is 0.272 e. The molecule has 0 aliphatic heterocycles. The van der Waals surface area contributed by atoms with Crippen molar-refractivity contribution in [3.8, 4) is 0 Å². The van der Waals surface area contributed by atoms with Crippen molar-refractivity contribution >= 4 is 39.1 Å². The number of hydrogen-bond acceptors (Lipinski definition) is 1. The van der Waals surface area contributed by atoms with E-state index in [2.05, 4.69) is 21.2 Å². The summed E-state index contributed by atoms with van der Waals surface area (Å²) in [6, 6.07) is 9.67. The van der Waals surface area contributed by atoms with Crippen LogP contribution in [-0.4, -0.2) is 10.5 Å². The lowest BCUT2D eigenvalue weighted by atomic mass is 10.3. The standard InChI is InChI=1S/C14H12BrClN2O/c15-11-3-1-2-4-12(11)17-14(19)13-7-9(16)8-18(13)10-5-6-10/h1-4,7-8,10H,5-6H2,(H,17,19). The Morgan fingerprint density at radius 2 is 2.11 bits per heavy atom. The van der Waals surface area contributed by atoms with Crippen molar-refractivity contribution in [1.82, 2.24) is 4.57 Å². The van der Waals surface area contributed by atoms with Crippen LogP contribution in [0.3, 0.4) is 0 Å². The maximum absolute atomic E-state index is 12.3. The van der Waals surface area contributed by atoms with E-state index in [0.29, 0.717) is 16.8 Å². The summed E-state index contributed by atoms with van der Waals surface area (Å²) in [5.74, 6) is -0.134. The van der Waals surface area contributed by atoms with Crippen molar-refractivity contribution in [3.63, 3.8) is 0 Å². The lowest BCUT2D eigenvalue weighted by molar-refractivity contribution is 0.101. The van der Waals surface area contributed by atoms with Crippen LogP contribution in [0.25, 0.3) is 0 Å². The van der Waals surface area contributed by atoms with E-state index < -0.39 is 0 Å². The van der Waals surface area contributed by atoms with Crippen molar-refractivity contribution in [3.05, 3.63) is 51.7 Å². The van der Waals surface area contributed by atoms with Gasteiger partial charge < -0.3 is 9.88 Å². The zero-order valence-electron chi connectivity index (χ0n) is 10.1. The molecule has 3 nitrogen and oxygen atoms in total. The van der Waals surface area contributed by atoms with Gasteiger partial charge in [-0.3, -0.25) is 4.79 Å². The van der Waals surface area contributed by atoms with E-state index in [4.69, 9.17) is 11.6 Å². The number of amides is 1. The number of nitrogens with zero attached hydrogens (tertiary/aromatic N) is 1. The molecule has 5 heteroatoms. The summed E-state index contributed by atoms with van der Waals surface area (Å²) >= 11 is 9.42. The number of aromatic nitrogens is 1. The first kappa shape index (κ1) is 12.8. The Labute approximate surface area is 124 Å². The van der Waals surface area contributed by atoms with Gasteiger partial charge in [0.05, 0.1) is 10.7 Å². The van der Waals surface area contributed by atoms with Crippen molar-refractivity contribution in [1.29, 1.82) is 0 Å². The Balaban J connectivity index is 1.86. The van der Waals surface area contributed by atoms with E-state index >= 15 is 0 Å². The number of para-hydroxylation sites is 1. The van der Waals surface area contributed by atoms with Gasteiger partial charge in [0.2, 0.25) is 0 Å². The average Bonchev–Trinajstić information content (AvgIpc) is 3.15. The van der Waals surface area contributed by atoms with Crippen LogP contribution in [0, 0.1) is 0 Å². The van der Waals surface area contributed by atoms with Gasteiger partial charge in [-0.15, -0.1) is 0 Å². The number of halogens is 2. The number of nitrogens with one attached hydrogen (secondary N) is 1. The van der Waals surface area contributed by atoms with Gasteiger partial charge in [-0.25, -0.2) is 0 Å². The second kappa shape index (κ2) is 5.02. The Hall–Kier alpha value is -1.26. The molecule has 0 saturated heterocycles. The largest absolute Gasteiger partial charge is 0.339 e. The molecule has 0 radical (unpaired) electrons. The van der Waals surface area contributed by atoms with Crippen LogP contribution >= 0.6 is 27.5 Å². The molecular formula is C14H12BrClN2O. The lowest BCUT2D eigenvalue weighted by Gasteiger charge is -2.09. The van der Waals surface area contributed by atoms with Crippen LogP contribution in [0.2, 0.25) is 5.02 Å². The van der Waals surface area contributed by atoms with E-state index in [1.807, 2.05) is 35.0 Å². The molecule has 1 amide bonds. The zero-order chi connectivity index (χ0) is 13.4. The minimum absolute atomic E-state index is 0.134. The normalized spacial score (nSPS) is 14.4. The maximum Gasteiger partial charge on any atom is 0.272 e. The number of hydrogen-bond donors (Lipinski definition) is 1. The lowest BCUT2D eigenvalue weighted by Crippen LogP contribution is -2.16. The van der Waals surface area contributed by atoms with Crippen molar-refractivity contribution in [2.45, 2.75) is 18.9 Å². The molecule has 2 aromatic rings. The van der Waals surface area contributed by atoms with Crippen LogP contribution < -0.4 is 5.32 Å². The number of rotatable bonds is 3. The van der Waals surface area contributed by atoms with Crippen LogP contribution in [-0.2, 0) is 0 Å². The monoisotopic (exact) mass is 338 g/mol. The highest BCUT2D eigenvalue weighted by Crippen LogP contribution is 2.37. The number of carbonyl (C=O) groups excluding carboxylic acids is 1. The van der Waals surface area contributed by atoms with Crippen molar-refractivity contribution < 1.29 is 4.79 Å². The van der Waals surface area contributed by atoms with E-state index in [-0.39, 0.29) is 5.91 Å². The maximum atomic E-state index is 12.3. The molecule has 0 spiro atoms. The van der Waals surface area contributed by atoms with Gasteiger partial charge in [0.25, 0.3) is 5.91 Å². The molecule has 3 rings (SSSR count). The van der Waals surface area contributed by atoms with E-state index in [9.17, 15) is 4.79 Å². The zero-order valence-corrected chi connectivity index (χ0v) is 12.4. The molecular weight excluding hydrogens is 328 g/mol. The predicted octanol–water partition coefficient (Wildman–Crippen LogP) is 4.49. The fourth-order valence-electron chi connectivity index (χ4n) is 2.03. The van der Waals surface area contributed by atoms with E-state index in [1.54, 1.807) is 6.07 Å². The minimum Gasteiger partial charge on any atom is -0.339 e. The SMILES string of the molecule is O=C(Nc1ccccc1Br)c1cc(Cl)cn1C1CC1. The molecule has 1 fully saturated rings. The number of anilines is 1. The molecule has 19 heavy (non-hydrogen) atoms. The summed E-state index contributed by atoms with van der Waals surface area (Å²) in [5.41, 5.74) is 1.37. The topological polar surface area (TPSA) is 34.0 Å². The van der Waals surface area contributed by atoms with Crippen molar-refractivity contribution in [2.75, 3.05) is 5.32 Å². The Morgan fingerprint density at radius 1 is 1.37 bits per heavy atom. The fraction of sp³-hybridized carbons (Fsp3) is 0.214. The number of benzene rings is 1. The minimum atomic E-state index is -0.134. The molecule has 1 saturated carbocycles. The van der Waals surface area contributed by atoms with Crippen LogP contribution in [0.4, 0.5) is 5.69 Å². The second-order valence-electron chi connectivity index (χ2n) is 4.62. The first-order chi connectivity index (χ1) is 9.15. The predicted molar refractivity (Wildman–Crippen MR) is 79.8 cm³/mol. The van der Waals surface area contributed by atoms with Gasteiger partial charge in [0.1, 0.15) is 5.69 Å². The first-order valence-corrected chi connectivity index (χ1v) is 7.25. The van der Waals surface area contributed by atoms with Gasteiger partial charge >= 0.3 is 0 Å². The van der Waals surface area contributed by atoms with E-state index in [1.165, 1.54) is 0 Å². The quantitative estimate of drug-likeness (QED) is 0.878. The Bertz CT molecular complexity index is 634. The molecule has 0 bridgehead atoms. The van der Waals surface area contributed by atoms with Gasteiger partial charge in [0, 0.05) is 16.7 Å². The summed E-state index contributed by atoms with van der Waals surface area (Å²) < 4.78 is 2.83. The van der Waals surface area contributed by atoms with Gasteiger partial charge in [-0.1, -0.05) is 23.7 Å². The van der Waals surface area contributed by atoms with Crippen molar-refractivity contribution in [2.24, 2.45) is 0 Å². The average molecular weight is 340 g/mol. The number of carbonyl (C=O) groups is 1. The molecule has 0 atom stereocenters. The summed E-state index contributed by atoms with van der Waals surface area (Å²) in [5, 5.41) is 3.50. The molecule has 1 aliphatic rings. The third kappa shape index (κ3) is 2.69. The highest BCUT2D eigenvalue weighted by atomic mass is 79.9. The third-order valence-electron chi connectivity index (χ3n) is 3.11. The molecule has 1 aromatic heterocycles. The van der Waals surface area contributed by atoms with E-state index in [0.717, 1.165) is 23.0 Å². The molecule has 1 N–H and O–H groups in total. The summed E-state index contributed by atoms with van der Waals surface area (Å²) in [6.45, 7) is 0. The summed E-state index contributed by atoms with van der Waals surface area (Å²) in [4.78, 5) is 12.3. The molecule has 0 unspecified atom stereocenters. The third-order valence-corrected chi connectivity index (χ3v) is 4.01.